The van der Waals surface area contributed by atoms with Crippen LogP contribution in [0.1, 0.15) is 37.8 Å². The zero-order chi connectivity index (χ0) is 12.3. The Bertz CT molecular complexity index is 369. The van der Waals surface area contributed by atoms with E-state index in [1.54, 1.807) is 7.11 Å². The second-order valence-electron chi connectivity index (χ2n) is 4.78. The van der Waals surface area contributed by atoms with Crippen molar-refractivity contribution in [2.75, 3.05) is 7.11 Å². The Balaban J connectivity index is 1.94. The number of methoxy groups -OCH3 is 1. The van der Waals surface area contributed by atoms with E-state index in [2.05, 4.69) is 18.3 Å². The zero-order valence-corrected chi connectivity index (χ0v) is 11.2. The molecule has 0 bridgehead atoms. The molecule has 1 fully saturated rings. The third-order valence-corrected chi connectivity index (χ3v) is 3.92. The lowest BCUT2D eigenvalue weighted by Crippen LogP contribution is -2.30. The number of benzene rings is 1. The van der Waals surface area contributed by atoms with Gasteiger partial charge in [-0.25, -0.2) is 0 Å². The number of ether oxygens (including phenoxy) is 1. The molecule has 2 rings (SSSR count). The van der Waals surface area contributed by atoms with Gasteiger partial charge in [0.1, 0.15) is 0 Å². The van der Waals surface area contributed by atoms with Crippen LogP contribution in [0, 0.1) is 0 Å². The molecule has 3 atom stereocenters. The monoisotopic (exact) mass is 253 g/mol. The minimum absolute atomic E-state index is 0.296. The second-order valence-corrected chi connectivity index (χ2v) is 5.18. The number of halogens is 1. The lowest BCUT2D eigenvalue weighted by atomic mass is 10.1. The summed E-state index contributed by atoms with van der Waals surface area (Å²) in [6.45, 7) is 2.17. The van der Waals surface area contributed by atoms with Gasteiger partial charge in [-0.1, -0.05) is 29.8 Å². The molecular weight excluding hydrogens is 234 g/mol. The van der Waals surface area contributed by atoms with E-state index >= 15 is 0 Å². The second kappa shape index (κ2) is 5.85. The molecule has 3 heteroatoms. The molecular formula is C14H20ClNO. The fraction of sp³-hybridized carbons (Fsp3) is 0.571. The smallest absolute Gasteiger partial charge is 0.0586 e. The van der Waals surface area contributed by atoms with E-state index in [-0.39, 0.29) is 0 Å². The Kier molecular flexibility index (Phi) is 4.43. The molecule has 3 unspecified atom stereocenters. The van der Waals surface area contributed by atoms with Crippen LogP contribution < -0.4 is 5.32 Å². The molecule has 1 aromatic rings. The fourth-order valence-corrected chi connectivity index (χ4v) is 2.87. The van der Waals surface area contributed by atoms with Crippen LogP contribution in [0.4, 0.5) is 0 Å². The average molecular weight is 254 g/mol. The third-order valence-electron chi connectivity index (χ3n) is 3.58. The molecule has 0 saturated heterocycles. The van der Waals surface area contributed by atoms with Crippen LogP contribution in [0.5, 0.6) is 0 Å². The van der Waals surface area contributed by atoms with E-state index < -0.39 is 0 Å². The summed E-state index contributed by atoms with van der Waals surface area (Å²) in [6.07, 6.45) is 3.87. The van der Waals surface area contributed by atoms with Gasteiger partial charge in [0.05, 0.1) is 6.10 Å². The third kappa shape index (κ3) is 3.21. The SMILES string of the molecule is COC1CCC(NC(C)c2ccccc2Cl)C1. The van der Waals surface area contributed by atoms with Crippen molar-refractivity contribution < 1.29 is 4.74 Å². The minimum Gasteiger partial charge on any atom is -0.381 e. The zero-order valence-electron chi connectivity index (χ0n) is 10.4. The van der Waals surface area contributed by atoms with Crippen molar-refractivity contribution >= 4 is 11.6 Å². The number of hydrogen-bond donors (Lipinski definition) is 1. The van der Waals surface area contributed by atoms with Gasteiger partial charge < -0.3 is 10.1 Å². The van der Waals surface area contributed by atoms with E-state index in [4.69, 9.17) is 16.3 Å². The molecule has 94 valence electrons. The molecule has 1 saturated carbocycles. The van der Waals surface area contributed by atoms with E-state index in [9.17, 15) is 0 Å². The highest BCUT2D eigenvalue weighted by molar-refractivity contribution is 6.31. The van der Waals surface area contributed by atoms with Gasteiger partial charge in [0.25, 0.3) is 0 Å². The minimum atomic E-state index is 0.296. The molecule has 1 N–H and O–H groups in total. The first-order chi connectivity index (χ1) is 8.20. The summed E-state index contributed by atoms with van der Waals surface area (Å²) in [5, 5.41) is 4.48. The Hall–Kier alpha value is -0.570. The number of hydrogen-bond acceptors (Lipinski definition) is 2. The summed E-state index contributed by atoms with van der Waals surface area (Å²) in [5.41, 5.74) is 1.18. The molecule has 1 aliphatic rings. The van der Waals surface area contributed by atoms with Crippen molar-refractivity contribution in [1.82, 2.24) is 5.32 Å². The first-order valence-electron chi connectivity index (χ1n) is 6.24. The van der Waals surface area contributed by atoms with Crippen molar-refractivity contribution in [2.24, 2.45) is 0 Å². The standard InChI is InChI=1S/C14H20ClNO/c1-10(13-5-3-4-6-14(13)15)16-11-7-8-12(9-11)17-2/h3-6,10-12,16H,7-9H2,1-2H3. The highest BCUT2D eigenvalue weighted by atomic mass is 35.5. The summed E-state index contributed by atoms with van der Waals surface area (Å²) in [7, 11) is 1.80. The van der Waals surface area contributed by atoms with Gasteiger partial charge in [0.15, 0.2) is 0 Å². The number of nitrogens with one attached hydrogen (secondary N) is 1. The molecule has 1 aromatic carbocycles. The van der Waals surface area contributed by atoms with Gasteiger partial charge in [-0.15, -0.1) is 0 Å². The Labute approximate surface area is 108 Å². The van der Waals surface area contributed by atoms with Crippen molar-refractivity contribution in [3.63, 3.8) is 0 Å². The largest absolute Gasteiger partial charge is 0.381 e. The topological polar surface area (TPSA) is 21.3 Å². The van der Waals surface area contributed by atoms with Crippen molar-refractivity contribution in [3.05, 3.63) is 34.9 Å². The fourth-order valence-electron chi connectivity index (χ4n) is 2.58. The van der Waals surface area contributed by atoms with Crippen LogP contribution in [-0.4, -0.2) is 19.3 Å². The van der Waals surface area contributed by atoms with Gasteiger partial charge in [0.2, 0.25) is 0 Å². The predicted molar refractivity (Wildman–Crippen MR) is 71.4 cm³/mol. The molecule has 0 heterocycles. The molecule has 0 aromatic heterocycles. The first kappa shape index (κ1) is 12.9. The summed E-state index contributed by atoms with van der Waals surface area (Å²) in [6, 6.07) is 8.88. The van der Waals surface area contributed by atoms with E-state index in [1.807, 2.05) is 18.2 Å². The highest BCUT2D eigenvalue weighted by Gasteiger charge is 2.25. The quantitative estimate of drug-likeness (QED) is 0.886. The van der Waals surface area contributed by atoms with Gasteiger partial charge >= 0.3 is 0 Å². The van der Waals surface area contributed by atoms with Crippen LogP contribution in [0.25, 0.3) is 0 Å². The summed E-state index contributed by atoms with van der Waals surface area (Å²) < 4.78 is 5.39. The molecule has 0 spiro atoms. The van der Waals surface area contributed by atoms with E-state index in [0.717, 1.165) is 17.9 Å². The Morgan fingerprint density at radius 1 is 1.35 bits per heavy atom. The molecule has 0 radical (unpaired) electrons. The maximum atomic E-state index is 6.20. The van der Waals surface area contributed by atoms with Gasteiger partial charge in [-0.2, -0.15) is 0 Å². The van der Waals surface area contributed by atoms with E-state index in [0.29, 0.717) is 18.2 Å². The van der Waals surface area contributed by atoms with Crippen LogP contribution >= 0.6 is 11.6 Å². The lowest BCUT2D eigenvalue weighted by Gasteiger charge is -2.20. The maximum Gasteiger partial charge on any atom is 0.0586 e. The van der Waals surface area contributed by atoms with Gasteiger partial charge in [0, 0.05) is 24.2 Å². The molecule has 1 aliphatic carbocycles. The van der Waals surface area contributed by atoms with Gasteiger partial charge in [-0.3, -0.25) is 0 Å². The van der Waals surface area contributed by atoms with Gasteiger partial charge in [-0.05, 0) is 37.8 Å². The maximum absolute atomic E-state index is 6.20. The lowest BCUT2D eigenvalue weighted by molar-refractivity contribution is 0.106. The average Bonchev–Trinajstić information content (AvgIpc) is 2.77. The van der Waals surface area contributed by atoms with E-state index in [1.165, 1.54) is 12.0 Å². The first-order valence-corrected chi connectivity index (χ1v) is 6.61. The van der Waals surface area contributed by atoms with Crippen molar-refractivity contribution in [1.29, 1.82) is 0 Å². The van der Waals surface area contributed by atoms with Crippen LogP contribution in [0.3, 0.4) is 0 Å². The van der Waals surface area contributed by atoms with Crippen LogP contribution in [-0.2, 0) is 4.74 Å². The molecule has 0 aliphatic heterocycles. The van der Waals surface area contributed by atoms with Crippen LogP contribution in [0.2, 0.25) is 5.02 Å². The summed E-state index contributed by atoms with van der Waals surface area (Å²) >= 11 is 6.20. The molecule has 17 heavy (non-hydrogen) atoms. The predicted octanol–water partition coefficient (Wildman–Crippen LogP) is 3.56. The highest BCUT2D eigenvalue weighted by Crippen LogP contribution is 2.27. The molecule has 0 amide bonds. The number of rotatable bonds is 4. The Morgan fingerprint density at radius 2 is 2.12 bits per heavy atom. The Morgan fingerprint density at radius 3 is 2.76 bits per heavy atom. The summed E-state index contributed by atoms with van der Waals surface area (Å²) in [5.74, 6) is 0. The molecule has 2 nitrogen and oxygen atoms in total. The van der Waals surface area contributed by atoms with Crippen molar-refractivity contribution in [2.45, 2.75) is 44.4 Å². The summed E-state index contributed by atoms with van der Waals surface area (Å²) in [4.78, 5) is 0. The normalized spacial score (nSPS) is 26.1. The van der Waals surface area contributed by atoms with Crippen molar-refractivity contribution in [3.8, 4) is 0 Å². The van der Waals surface area contributed by atoms with Crippen LogP contribution in [0.15, 0.2) is 24.3 Å².